The van der Waals surface area contributed by atoms with Crippen molar-refractivity contribution in [3.05, 3.63) is 18.1 Å². The summed E-state index contributed by atoms with van der Waals surface area (Å²) in [6.45, 7) is 4.02. The van der Waals surface area contributed by atoms with Gasteiger partial charge < -0.3 is 9.73 Å². The predicted molar refractivity (Wildman–Crippen MR) is 71.1 cm³/mol. The summed E-state index contributed by atoms with van der Waals surface area (Å²) < 4.78 is 5.24. The number of thioether (sulfide) groups is 1. The number of nitrogens with one attached hydrogen (secondary N) is 1. The summed E-state index contributed by atoms with van der Waals surface area (Å²) in [6, 6.07) is 4.38. The number of hydrogen-bond donors (Lipinski definition) is 1. The van der Waals surface area contributed by atoms with Gasteiger partial charge in [0.2, 0.25) is 0 Å². The van der Waals surface area contributed by atoms with Crippen LogP contribution in [0.3, 0.4) is 0 Å². The molecule has 0 aliphatic rings. The van der Waals surface area contributed by atoms with Crippen molar-refractivity contribution < 1.29 is 4.42 Å². The number of nitrogens with zero attached hydrogens (tertiary/aromatic N) is 1. The first-order valence-electron chi connectivity index (χ1n) is 5.94. The van der Waals surface area contributed by atoms with E-state index in [0.717, 1.165) is 30.8 Å². The molecule has 94 valence electrons. The normalized spacial score (nSPS) is 14.2. The van der Waals surface area contributed by atoms with E-state index in [4.69, 9.17) is 9.68 Å². The van der Waals surface area contributed by atoms with Gasteiger partial charge >= 0.3 is 0 Å². The van der Waals surface area contributed by atoms with Crippen LogP contribution in [0.5, 0.6) is 0 Å². The number of furan rings is 1. The number of aryl methyl sites for hydroxylation is 1. The number of nitriles is 1. The Kier molecular flexibility index (Phi) is 5.60. The quantitative estimate of drug-likeness (QED) is 0.597. The van der Waals surface area contributed by atoms with E-state index < -0.39 is 0 Å². The molecule has 0 bridgehead atoms. The van der Waals surface area contributed by atoms with Gasteiger partial charge in [-0.1, -0.05) is 6.92 Å². The van der Waals surface area contributed by atoms with Crippen molar-refractivity contribution in [2.75, 3.05) is 12.8 Å². The van der Waals surface area contributed by atoms with Gasteiger partial charge in [0.05, 0.1) is 12.3 Å². The monoisotopic (exact) mass is 252 g/mol. The van der Waals surface area contributed by atoms with Crippen molar-refractivity contribution in [3.8, 4) is 6.07 Å². The molecule has 0 aliphatic heterocycles. The van der Waals surface area contributed by atoms with Gasteiger partial charge in [0, 0.05) is 4.90 Å². The molecule has 0 radical (unpaired) electrons. The van der Waals surface area contributed by atoms with Gasteiger partial charge in [-0.25, -0.2) is 0 Å². The lowest BCUT2D eigenvalue weighted by atomic mass is 9.93. The highest BCUT2D eigenvalue weighted by atomic mass is 32.2. The molecule has 1 heterocycles. The fraction of sp³-hybridized carbons (Fsp3) is 0.615. The van der Waals surface area contributed by atoms with Gasteiger partial charge in [0.15, 0.2) is 0 Å². The Morgan fingerprint density at radius 2 is 2.35 bits per heavy atom. The summed E-state index contributed by atoms with van der Waals surface area (Å²) in [7, 11) is 1.86. The smallest absolute Gasteiger partial charge is 0.114 e. The zero-order valence-electron chi connectivity index (χ0n) is 10.7. The van der Waals surface area contributed by atoms with Crippen LogP contribution in [0.2, 0.25) is 0 Å². The third-order valence-electron chi connectivity index (χ3n) is 3.11. The average molecular weight is 252 g/mol. The molecule has 1 atom stereocenters. The van der Waals surface area contributed by atoms with Crippen LogP contribution >= 0.6 is 11.8 Å². The molecule has 1 unspecified atom stereocenters. The van der Waals surface area contributed by atoms with Gasteiger partial charge in [-0.05, 0) is 45.1 Å². The lowest BCUT2D eigenvalue weighted by molar-refractivity contribution is 0.400. The van der Waals surface area contributed by atoms with Gasteiger partial charge in [-0.15, -0.1) is 11.8 Å². The van der Waals surface area contributed by atoms with E-state index >= 15 is 0 Å². The summed E-state index contributed by atoms with van der Waals surface area (Å²) in [5, 5.41) is 12.3. The number of hydrogen-bond acceptors (Lipinski definition) is 4. The molecule has 1 aromatic rings. The van der Waals surface area contributed by atoms with Crippen LogP contribution in [0.4, 0.5) is 0 Å². The first-order chi connectivity index (χ1) is 8.17. The van der Waals surface area contributed by atoms with Crippen LogP contribution < -0.4 is 5.32 Å². The zero-order valence-corrected chi connectivity index (χ0v) is 11.6. The first-order valence-corrected chi connectivity index (χ1v) is 6.93. The highest BCUT2D eigenvalue weighted by Gasteiger charge is 2.24. The topological polar surface area (TPSA) is 49.0 Å². The molecule has 1 aromatic heterocycles. The summed E-state index contributed by atoms with van der Waals surface area (Å²) in [6.07, 6.45) is 4.48. The highest BCUT2D eigenvalue weighted by Crippen LogP contribution is 2.25. The fourth-order valence-electron chi connectivity index (χ4n) is 1.75. The van der Waals surface area contributed by atoms with E-state index in [1.807, 2.05) is 27.0 Å². The van der Waals surface area contributed by atoms with Gasteiger partial charge in [-0.3, -0.25) is 0 Å². The molecule has 0 amide bonds. The summed E-state index contributed by atoms with van der Waals surface area (Å²) >= 11 is 1.79. The fourth-order valence-corrected chi connectivity index (χ4v) is 2.66. The molecule has 4 heteroatoms. The predicted octanol–water partition coefficient (Wildman–Crippen LogP) is 3.35. The van der Waals surface area contributed by atoms with Crippen LogP contribution in [-0.2, 0) is 0 Å². The molecular formula is C13H20N2OS. The summed E-state index contributed by atoms with van der Waals surface area (Å²) in [5.41, 5.74) is -0.355. The van der Waals surface area contributed by atoms with E-state index in [1.54, 1.807) is 18.0 Å². The maximum Gasteiger partial charge on any atom is 0.114 e. The van der Waals surface area contributed by atoms with Gasteiger partial charge in [-0.2, -0.15) is 5.26 Å². The minimum Gasteiger partial charge on any atom is -0.468 e. The molecule has 1 rings (SSSR count). The van der Waals surface area contributed by atoms with Gasteiger partial charge in [0.25, 0.3) is 0 Å². The second-order valence-electron chi connectivity index (χ2n) is 4.09. The van der Waals surface area contributed by atoms with Crippen LogP contribution in [0.25, 0.3) is 0 Å². The largest absolute Gasteiger partial charge is 0.468 e. The Morgan fingerprint density at radius 3 is 2.82 bits per heavy atom. The van der Waals surface area contributed by atoms with Crippen LogP contribution in [0.1, 0.15) is 31.9 Å². The standard InChI is InChI=1S/C13H20N2OS/c1-4-13(10-14,15-3)7-5-9-17-12-6-8-16-11(12)2/h6,8,15H,4-5,7,9H2,1-3H3. The summed E-state index contributed by atoms with van der Waals surface area (Å²) in [5.74, 6) is 2.00. The second kappa shape index (κ2) is 6.73. The third-order valence-corrected chi connectivity index (χ3v) is 4.34. The Bertz CT molecular complexity index is 377. The Labute approximate surface area is 108 Å². The maximum absolute atomic E-state index is 9.17. The van der Waals surface area contributed by atoms with Crippen molar-refractivity contribution in [1.82, 2.24) is 5.32 Å². The van der Waals surface area contributed by atoms with E-state index in [-0.39, 0.29) is 5.54 Å². The van der Waals surface area contributed by atoms with Crippen molar-refractivity contribution in [3.63, 3.8) is 0 Å². The molecule has 0 saturated heterocycles. The van der Waals surface area contributed by atoms with Crippen molar-refractivity contribution in [2.45, 2.75) is 43.5 Å². The van der Waals surface area contributed by atoms with Crippen LogP contribution in [-0.4, -0.2) is 18.3 Å². The molecular weight excluding hydrogens is 232 g/mol. The molecule has 1 N–H and O–H groups in total. The third kappa shape index (κ3) is 3.79. The van der Waals surface area contributed by atoms with E-state index in [1.165, 1.54) is 4.90 Å². The molecule has 0 fully saturated rings. The first kappa shape index (κ1) is 14.1. The SMILES string of the molecule is CCC(C#N)(CCCSc1ccoc1C)NC. The van der Waals surface area contributed by atoms with Crippen molar-refractivity contribution in [1.29, 1.82) is 5.26 Å². The Hall–Kier alpha value is -0.920. The molecule has 0 aromatic carbocycles. The molecule has 0 spiro atoms. The minimum atomic E-state index is -0.355. The number of rotatable bonds is 7. The van der Waals surface area contributed by atoms with Crippen LogP contribution in [0.15, 0.2) is 21.6 Å². The van der Waals surface area contributed by atoms with Crippen molar-refractivity contribution in [2.24, 2.45) is 0 Å². The molecule has 17 heavy (non-hydrogen) atoms. The zero-order chi connectivity index (χ0) is 12.7. The second-order valence-corrected chi connectivity index (χ2v) is 5.23. The molecule has 3 nitrogen and oxygen atoms in total. The molecule has 0 aliphatic carbocycles. The minimum absolute atomic E-state index is 0.355. The molecule has 0 saturated carbocycles. The van der Waals surface area contributed by atoms with Crippen molar-refractivity contribution >= 4 is 11.8 Å². The van der Waals surface area contributed by atoms with Gasteiger partial charge in [0.1, 0.15) is 11.3 Å². The lowest BCUT2D eigenvalue weighted by Crippen LogP contribution is -2.40. The average Bonchev–Trinajstić information content (AvgIpc) is 2.76. The van der Waals surface area contributed by atoms with Crippen LogP contribution in [0, 0.1) is 18.3 Å². The Balaban J connectivity index is 2.33. The highest BCUT2D eigenvalue weighted by molar-refractivity contribution is 7.99. The van der Waals surface area contributed by atoms with E-state index in [2.05, 4.69) is 11.4 Å². The van der Waals surface area contributed by atoms with E-state index in [0.29, 0.717) is 0 Å². The van der Waals surface area contributed by atoms with E-state index in [9.17, 15) is 0 Å². The Morgan fingerprint density at radius 1 is 1.59 bits per heavy atom. The summed E-state index contributed by atoms with van der Waals surface area (Å²) in [4.78, 5) is 1.20. The lowest BCUT2D eigenvalue weighted by Gasteiger charge is -2.24. The maximum atomic E-state index is 9.17.